The summed E-state index contributed by atoms with van der Waals surface area (Å²) < 4.78 is 11.4. The van der Waals surface area contributed by atoms with E-state index in [4.69, 9.17) is 15.2 Å². The van der Waals surface area contributed by atoms with Crippen LogP contribution in [0.5, 0.6) is 11.5 Å². The molecule has 0 aromatic heterocycles. The maximum Gasteiger partial charge on any atom is 0.237 e. The van der Waals surface area contributed by atoms with Crippen LogP contribution in [-0.2, 0) is 11.2 Å². The fourth-order valence-corrected chi connectivity index (χ4v) is 2.34. The monoisotopic (exact) mass is 358 g/mol. The molecule has 0 aliphatic carbocycles. The molecule has 1 unspecified atom stereocenters. The van der Waals surface area contributed by atoms with Crippen molar-refractivity contribution in [1.29, 1.82) is 0 Å². The summed E-state index contributed by atoms with van der Waals surface area (Å²) in [6.07, 6.45) is 0.642. The number of carbonyl (C=O) groups is 1. The standard InChI is InChI=1S/C15H23BrN2O3/c1-9(2)14(17)15(19)18-6-5-10-7-13(21-4)11(16)8-12(10)20-3/h7-9,14H,5-6,17H2,1-4H3,(H,18,19). The van der Waals surface area contributed by atoms with Gasteiger partial charge in [-0.05, 0) is 46.0 Å². The van der Waals surface area contributed by atoms with Crippen molar-refractivity contribution in [3.63, 3.8) is 0 Å². The van der Waals surface area contributed by atoms with Gasteiger partial charge in [0.25, 0.3) is 0 Å². The number of methoxy groups -OCH3 is 2. The van der Waals surface area contributed by atoms with Gasteiger partial charge in [0.15, 0.2) is 0 Å². The fourth-order valence-electron chi connectivity index (χ4n) is 1.86. The first kappa shape index (κ1) is 17.8. The number of halogens is 1. The Bertz CT molecular complexity index is 492. The van der Waals surface area contributed by atoms with Crippen molar-refractivity contribution in [3.8, 4) is 11.5 Å². The van der Waals surface area contributed by atoms with Crippen molar-refractivity contribution in [3.05, 3.63) is 22.2 Å². The molecule has 0 saturated carbocycles. The van der Waals surface area contributed by atoms with Crippen LogP contribution in [-0.4, -0.2) is 32.7 Å². The zero-order valence-corrected chi connectivity index (χ0v) is 14.5. The first-order valence-electron chi connectivity index (χ1n) is 6.84. The van der Waals surface area contributed by atoms with Gasteiger partial charge >= 0.3 is 0 Å². The van der Waals surface area contributed by atoms with E-state index >= 15 is 0 Å². The van der Waals surface area contributed by atoms with Crippen LogP contribution in [0.3, 0.4) is 0 Å². The molecule has 118 valence electrons. The van der Waals surface area contributed by atoms with Crippen LogP contribution in [0.25, 0.3) is 0 Å². The second kappa shape index (κ2) is 8.24. The summed E-state index contributed by atoms with van der Waals surface area (Å²) in [6, 6.07) is 3.28. The van der Waals surface area contributed by atoms with E-state index in [2.05, 4.69) is 21.2 Å². The second-order valence-corrected chi connectivity index (χ2v) is 5.96. The number of ether oxygens (including phenoxy) is 2. The molecule has 0 radical (unpaired) electrons. The van der Waals surface area contributed by atoms with Gasteiger partial charge in [-0.15, -0.1) is 0 Å². The molecule has 1 rings (SSSR count). The number of carbonyl (C=O) groups excluding carboxylic acids is 1. The molecule has 1 atom stereocenters. The van der Waals surface area contributed by atoms with Gasteiger partial charge in [0.2, 0.25) is 5.91 Å². The Balaban J connectivity index is 2.69. The van der Waals surface area contributed by atoms with Gasteiger partial charge < -0.3 is 20.5 Å². The van der Waals surface area contributed by atoms with Crippen molar-refractivity contribution in [2.24, 2.45) is 11.7 Å². The van der Waals surface area contributed by atoms with Crippen molar-refractivity contribution >= 4 is 21.8 Å². The van der Waals surface area contributed by atoms with Crippen LogP contribution < -0.4 is 20.5 Å². The predicted molar refractivity (Wildman–Crippen MR) is 86.8 cm³/mol. The molecule has 1 aromatic rings. The van der Waals surface area contributed by atoms with Gasteiger partial charge in [0.05, 0.1) is 24.7 Å². The second-order valence-electron chi connectivity index (χ2n) is 5.11. The average molecular weight is 359 g/mol. The highest BCUT2D eigenvalue weighted by Crippen LogP contribution is 2.32. The molecule has 1 aromatic carbocycles. The largest absolute Gasteiger partial charge is 0.496 e. The molecule has 0 heterocycles. The number of benzene rings is 1. The normalized spacial score (nSPS) is 12.1. The third kappa shape index (κ3) is 4.89. The Hall–Kier alpha value is -1.27. The molecule has 0 spiro atoms. The molecule has 21 heavy (non-hydrogen) atoms. The minimum atomic E-state index is -0.480. The number of rotatable bonds is 7. The Morgan fingerprint density at radius 3 is 2.43 bits per heavy atom. The van der Waals surface area contributed by atoms with Crippen LogP contribution in [0.2, 0.25) is 0 Å². The first-order valence-corrected chi connectivity index (χ1v) is 7.63. The molecule has 0 aliphatic heterocycles. The van der Waals surface area contributed by atoms with Gasteiger partial charge in [-0.1, -0.05) is 13.8 Å². The molecule has 0 aliphatic rings. The summed E-state index contributed by atoms with van der Waals surface area (Å²) >= 11 is 3.42. The van der Waals surface area contributed by atoms with Gasteiger partial charge in [0, 0.05) is 6.54 Å². The maximum absolute atomic E-state index is 11.8. The van der Waals surface area contributed by atoms with Crippen molar-refractivity contribution in [1.82, 2.24) is 5.32 Å². The van der Waals surface area contributed by atoms with E-state index in [9.17, 15) is 4.79 Å². The lowest BCUT2D eigenvalue weighted by atomic mass is 10.0. The summed E-state index contributed by atoms with van der Waals surface area (Å²) in [4.78, 5) is 11.8. The topological polar surface area (TPSA) is 73.6 Å². The van der Waals surface area contributed by atoms with Gasteiger partial charge in [-0.2, -0.15) is 0 Å². The average Bonchev–Trinajstić information content (AvgIpc) is 2.46. The molecule has 5 nitrogen and oxygen atoms in total. The van der Waals surface area contributed by atoms with Crippen LogP contribution in [0.4, 0.5) is 0 Å². The number of amides is 1. The third-order valence-electron chi connectivity index (χ3n) is 3.27. The van der Waals surface area contributed by atoms with E-state index < -0.39 is 6.04 Å². The Labute approximate surface area is 134 Å². The van der Waals surface area contributed by atoms with Crippen molar-refractivity contribution < 1.29 is 14.3 Å². The van der Waals surface area contributed by atoms with Crippen LogP contribution in [0.1, 0.15) is 19.4 Å². The van der Waals surface area contributed by atoms with Crippen molar-refractivity contribution in [2.75, 3.05) is 20.8 Å². The molecular weight excluding hydrogens is 336 g/mol. The molecule has 1 amide bonds. The van der Waals surface area contributed by atoms with E-state index in [1.165, 1.54) is 0 Å². The SMILES string of the molecule is COc1cc(CCNC(=O)C(N)C(C)C)c(OC)cc1Br. The van der Waals surface area contributed by atoms with Crippen molar-refractivity contribution in [2.45, 2.75) is 26.3 Å². The highest BCUT2D eigenvalue weighted by molar-refractivity contribution is 9.10. The zero-order chi connectivity index (χ0) is 16.0. The molecule has 3 N–H and O–H groups in total. The minimum absolute atomic E-state index is 0.118. The number of hydrogen-bond donors (Lipinski definition) is 2. The van der Waals surface area contributed by atoms with E-state index in [-0.39, 0.29) is 11.8 Å². The van der Waals surface area contributed by atoms with Crippen LogP contribution >= 0.6 is 15.9 Å². The predicted octanol–water partition coefficient (Wildman–Crippen LogP) is 2.11. The Kier molecular flexibility index (Phi) is 6.98. The molecular formula is C15H23BrN2O3. The lowest BCUT2D eigenvalue weighted by molar-refractivity contribution is -0.123. The van der Waals surface area contributed by atoms with E-state index in [0.717, 1.165) is 21.5 Å². The zero-order valence-electron chi connectivity index (χ0n) is 12.9. The van der Waals surface area contributed by atoms with Gasteiger partial charge in [0.1, 0.15) is 11.5 Å². The highest BCUT2D eigenvalue weighted by Gasteiger charge is 2.17. The van der Waals surface area contributed by atoms with Gasteiger partial charge in [-0.3, -0.25) is 4.79 Å². The summed E-state index contributed by atoms with van der Waals surface area (Å²) in [6.45, 7) is 4.35. The Morgan fingerprint density at radius 2 is 1.90 bits per heavy atom. The molecule has 0 bridgehead atoms. The molecule has 0 saturated heterocycles. The first-order chi connectivity index (χ1) is 9.90. The molecule has 0 fully saturated rings. The number of nitrogens with two attached hydrogens (primary N) is 1. The Morgan fingerprint density at radius 1 is 1.29 bits per heavy atom. The fraction of sp³-hybridized carbons (Fsp3) is 0.533. The van der Waals surface area contributed by atoms with E-state index in [1.807, 2.05) is 26.0 Å². The minimum Gasteiger partial charge on any atom is -0.496 e. The summed E-state index contributed by atoms with van der Waals surface area (Å²) in [7, 11) is 3.23. The number of hydrogen-bond acceptors (Lipinski definition) is 4. The lowest BCUT2D eigenvalue weighted by Crippen LogP contribution is -2.44. The summed E-state index contributed by atoms with van der Waals surface area (Å²) in [5, 5.41) is 2.84. The quantitative estimate of drug-likeness (QED) is 0.782. The third-order valence-corrected chi connectivity index (χ3v) is 3.89. The van der Waals surface area contributed by atoms with Crippen LogP contribution in [0.15, 0.2) is 16.6 Å². The number of nitrogens with one attached hydrogen (secondary N) is 1. The van der Waals surface area contributed by atoms with Crippen LogP contribution in [0, 0.1) is 5.92 Å². The summed E-state index contributed by atoms with van der Waals surface area (Å²) in [5.41, 5.74) is 6.77. The van der Waals surface area contributed by atoms with E-state index in [0.29, 0.717) is 13.0 Å². The van der Waals surface area contributed by atoms with E-state index in [1.54, 1.807) is 14.2 Å². The highest BCUT2D eigenvalue weighted by atomic mass is 79.9. The lowest BCUT2D eigenvalue weighted by Gasteiger charge is -2.16. The smallest absolute Gasteiger partial charge is 0.237 e. The molecule has 6 heteroatoms. The van der Waals surface area contributed by atoms with Gasteiger partial charge in [-0.25, -0.2) is 0 Å². The maximum atomic E-state index is 11.8. The summed E-state index contributed by atoms with van der Waals surface area (Å²) in [5.74, 6) is 1.47.